The maximum atomic E-state index is 14.5. The summed E-state index contributed by atoms with van der Waals surface area (Å²) in [5.41, 5.74) is 3.07. The largest absolute Gasteiger partial charge is 0.325 e. The summed E-state index contributed by atoms with van der Waals surface area (Å²) in [5, 5.41) is 10.6. The van der Waals surface area contributed by atoms with Gasteiger partial charge in [0, 0.05) is 17.1 Å². The van der Waals surface area contributed by atoms with Gasteiger partial charge in [0.2, 0.25) is 5.91 Å². The molecule has 0 bridgehead atoms. The van der Waals surface area contributed by atoms with Crippen LogP contribution in [0, 0.1) is 11.6 Å². The van der Waals surface area contributed by atoms with Crippen LogP contribution in [0.4, 0.5) is 14.5 Å². The summed E-state index contributed by atoms with van der Waals surface area (Å²) in [5.74, 6) is -2.36. The number of hydrogen-bond acceptors (Lipinski definition) is 2. The molecule has 1 unspecified atom stereocenters. The second kappa shape index (κ2) is 9.64. The van der Waals surface area contributed by atoms with E-state index in [1.807, 2.05) is 48.5 Å². The molecule has 35 heavy (non-hydrogen) atoms. The first-order chi connectivity index (χ1) is 17.0. The van der Waals surface area contributed by atoms with E-state index in [0.717, 1.165) is 22.5 Å². The molecule has 1 amide bonds. The third-order valence-corrected chi connectivity index (χ3v) is 6.15. The topological polar surface area (TPSA) is 71.9 Å². The predicted molar refractivity (Wildman–Crippen MR) is 131 cm³/mol. The van der Waals surface area contributed by atoms with Gasteiger partial charge in [-0.3, -0.25) is 9.89 Å². The van der Waals surface area contributed by atoms with Gasteiger partial charge < -0.3 is 5.32 Å². The van der Waals surface area contributed by atoms with Crippen LogP contribution in [0.15, 0.2) is 85.2 Å². The molecule has 2 aromatic heterocycles. The molecule has 0 saturated heterocycles. The Hall–Kier alpha value is -4.10. The molecule has 0 saturated carbocycles. The first kappa shape index (κ1) is 22.7. The van der Waals surface area contributed by atoms with Gasteiger partial charge in [0.15, 0.2) is 17.7 Å². The van der Waals surface area contributed by atoms with Gasteiger partial charge in [-0.1, -0.05) is 41.9 Å². The van der Waals surface area contributed by atoms with E-state index in [2.05, 4.69) is 20.5 Å². The lowest BCUT2D eigenvalue weighted by Crippen LogP contribution is -2.28. The maximum absolute atomic E-state index is 14.5. The van der Waals surface area contributed by atoms with E-state index >= 15 is 0 Å². The molecular weight excluding hydrogens is 470 g/mol. The molecular formula is C27H20ClF2N4O+. The zero-order chi connectivity index (χ0) is 24.4. The molecule has 174 valence electrons. The highest BCUT2D eigenvalue weighted by Crippen LogP contribution is 2.30. The van der Waals surface area contributed by atoms with Crippen molar-refractivity contribution in [2.75, 3.05) is 5.32 Å². The van der Waals surface area contributed by atoms with Crippen LogP contribution in [0.5, 0.6) is 0 Å². The Kier molecular flexibility index (Phi) is 6.25. The highest BCUT2D eigenvalue weighted by molar-refractivity contribution is 6.31. The van der Waals surface area contributed by atoms with Crippen molar-refractivity contribution in [3.05, 3.63) is 113 Å². The van der Waals surface area contributed by atoms with Gasteiger partial charge in [0.25, 0.3) is 0 Å². The smallest absolute Gasteiger partial charge is 0.238 e. The van der Waals surface area contributed by atoms with Crippen molar-refractivity contribution in [1.29, 1.82) is 0 Å². The van der Waals surface area contributed by atoms with E-state index < -0.39 is 17.6 Å². The molecule has 0 aliphatic carbocycles. The van der Waals surface area contributed by atoms with E-state index in [9.17, 15) is 13.6 Å². The molecule has 8 heteroatoms. The lowest BCUT2D eigenvalue weighted by molar-refractivity contribution is -0.391. The number of pyridine rings is 1. The van der Waals surface area contributed by atoms with Crippen molar-refractivity contribution in [1.82, 2.24) is 10.2 Å². The molecule has 3 aromatic carbocycles. The van der Waals surface area contributed by atoms with Crippen LogP contribution >= 0.6 is 11.6 Å². The molecule has 0 spiro atoms. The van der Waals surface area contributed by atoms with Gasteiger partial charge in [0.05, 0.1) is 27.9 Å². The van der Waals surface area contributed by atoms with E-state index in [1.54, 1.807) is 18.3 Å². The van der Waals surface area contributed by atoms with Crippen molar-refractivity contribution in [3.63, 3.8) is 0 Å². The number of aromatic nitrogens is 3. The average molecular weight is 490 g/mol. The molecule has 1 atom stereocenters. The zero-order valence-electron chi connectivity index (χ0n) is 18.4. The van der Waals surface area contributed by atoms with E-state index in [1.165, 1.54) is 12.3 Å². The van der Waals surface area contributed by atoms with Crippen molar-refractivity contribution in [2.45, 2.75) is 12.3 Å². The number of carbonyl (C=O) groups is 1. The number of halogens is 3. The minimum absolute atomic E-state index is 0.166. The van der Waals surface area contributed by atoms with Gasteiger partial charge in [-0.2, -0.15) is 5.10 Å². The summed E-state index contributed by atoms with van der Waals surface area (Å²) in [7, 11) is 0. The van der Waals surface area contributed by atoms with Crippen molar-refractivity contribution in [2.24, 2.45) is 0 Å². The van der Waals surface area contributed by atoms with Gasteiger partial charge in [-0.05, 0) is 48.4 Å². The number of carbonyl (C=O) groups excluding carboxylic acids is 1. The Morgan fingerprint density at radius 3 is 2.66 bits per heavy atom. The number of rotatable bonds is 6. The molecule has 5 rings (SSSR count). The monoisotopic (exact) mass is 489 g/mol. The second-order valence-electron chi connectivity index (χ2n) is 8.15. The number of hydrogen-bond donors (Lipinski definition) is 2. The number of benzene rings is 3. The van der Waals surface area contributed by atoms with Crippen LogP contribution in [-0.2, 0) is 11.2 Å². The van der Waals surface area contributed by atoms with Crippen LogP contribution < -0.4 is 10.3 Å². The van der Waals surface area contributed by atoms with Gasteiger partial charge >= 0.3 is 0 Å². The van der Waals surface area contributed by atoms with Gasteiger partial charge in [0.1, 0.15) is 11.7 Å². The number of H-pyrrole nitrogens is 2. The number of aromatic amines is 2. The predicted octanol–water partition coefficient (Wildman–Crippen LogP) is 5.94. The highest BCUT2D eigenvalue weighted by atomic mass is 35.5. The Labute approximate surface area is 204 Å². The third-order valence-electron chi connectivity index (χ3n) is 5.85. The van der Waals surface area contributed by atoms with Crippen LogP contribution in [-0.4, -0.2) is 16.1 Å². The first-order valence-corrected chi connectivity index (χ1v) is 11.3. The molecule has 5 aromatic rings. The Bertz CT molecular complexity index is 1500. The Morgan fingerprint density at radius 2 is 1.89 bits per heavy atom. The van der Waals surface area contributed by atoms with Crippen molar-refractivity contribution >= 4 is 34.1 Å². The zero-order valence-corrected chi connectivity index (χ0v) is 19.1. The Morgan fingerprint density at radius 1 is 1.06 bits per heavy atom. The summed E-state index contributed by atoms with van der Waals surface area (Å²) in [4.78, 5) is 16.5. The fraction of sp³-hybridized carbons (Fsp3) is 0.0741. The molecule has 0 aliphatic rings. The quantitative estimate of drug-likeness (QED) is 0.290. The summed E-state index contributed by atoms with van der Waals surface area (Å²) in [6, 6.07) is 20.7. The van der Waals surface area contributed by atoms with E-state index in [0.29, 0.717) is 17.8 Å². The molecule has 2 heterocycles. The standard InChI is InChI=1S/C27H19ClF2N4O/c28-21-9-10-22(29)25(26(21)30)18-7-11-23(31-14-18)20(12-16-4-2-1-3-5-16)27(35)33-19-8-6-17-15-32-34-24(17)13-19/h1-11,13-15,20H,12H2,(H,32,34)(H,33,35)/p+1. The number of anilines is 1. The fourth-order valence-corrected chi connectivity index (χ4v) is 4.20. The summed E-state index contributed by atoms with van der Waals surface area (Å²) in [6.07, 6.45) is 3.62. The lowest BCUT2D eigenvalue weighted by Gasteiger charge is -2.14. The van der Waals surface area contributed by atoms with Crippen LogP contribution in [0.3, 0.4) is 0 Å². The normalized spacial score (nSPS) is 12.0. The summed E-state index contributed by atoms with van der Waals surface area (Å²) >= 11 is 5.84. The van der Waals surface area contributed by atoms with E-state index in [-0.39, 0.29) is 22.1 Å². The average Bonchev–Trinajstić information content (AvgIpc) is 3.34. The van der Waals surface area contributed by atoms with Crippen molar-refractivity contribution < 1.29 is 18.6 Å². The SMILES string of the molecule is O=C(Nc1ccc2cn[nH]c2c1)C(Cc1ccccc1)c1ccc(-c2c(F)ccc(Cl)c2F)c[nH+]1. The van der Waals surface area contributed by atoms with Crippen LogP contribution in [0.2, 0.25) is 5.02 Å². The lowest BCUT2D eigenvalue weighted by atomic mass is 9.94. The first-order valence-electron chi connectivity index (χ1n) is 10.9. The molecule has 0 fully saturated rings. The summed E-state index contributed by atoms with van der Waals surface area (Å²) < 4.78 is 28.8. The third kappa shape index (κ3) is 4.76. The second-order valence-corrected chi connectivity index (χ2v) is 8.56. The maximum Gasteiger partial charge on any atom is 0.238 e. The van der Waals surface area contributed by atoms with E-state index in [4.69, 9.17) is 11.6 Å². The van der Waals surface area contributed by atoms with Crippen LogP contribution in [0.1, 0.15) is 17.2 Å². The molecule has 3 N–H and O–H groups in total. The molecule has 0 aliphatic heterocycles. The summed E-state index contributed by atoms with van der Waals surface area (Å²) in [6.45, 7) is 0. The minimum Gasteiger partial charge on any atom is -0.325 e. The van der Waals surface area contributed by atoms with Gasteiger partial charge in [-0.15, -0.1) is 0 Å². The minimum atomic E-state index is -0.833. The number of amides is 1. The number of fused-ring (bicyclic) bond motifs is 1. The highest BCUT2D eigenvalue weighted by Gasteiger charge is 2.27. The van der Waals surface area contributed by atoms with Crippen LogP contribution in [0.25, 0.3) is 22.0 Å². The Balaban J connectivity index is 1.47. The van der Waals surface area contributed by atoms with Crippen molar-refractivity contribution in [3.8, 4) is 11.1 Å². The number of nitrogens with zero attached hydrogens (tertiary/aromatic N) is 1. The fourth-order valence-electron chi connectivity index (χ4n) is 4.04. The number of nitrogens with one attached hydrogen (secondary N) is 3. The molecule has 0 radical (unpaired) electrons. The van der Waals surface area contributed by atoms with Gasteiger partial charge in [-0.25, -0.2) is 13.8 Å². The molecule has 5 nitrogen and oxygen atoms in total.